The van der Waals surface area contributed by atoms with E-state index in [0.29, 0.717) is 19.6 Å². The number of halogens is 2. The first-order valence-electron chi connectivity index (χ1n) is 9.91. The molecule has 0 unspecified atom stereocenters. The van der Waals surface area contributed by atoms with Crippen LogP contribution in [0.2, 0.25) is 5.02 Å². The van der Waals surface area contributed by atoms with Gasteiger partial charge in [0.25, 0.3) is 5.91 Å². The van der Waals surface area contributed by atoms with Crippen molar-refractivity contribution < 1.29 is 23.8 Å². The minimum atomic E-state index is -0.898. The van der Waals surface area contributed by atoms with E-state index in [9.17, 15) is 23.9 Å². The van der Waals surface area contributed by atoms with E-state index >= 15 is 0 Å². The van der Waals surface area contributed by atoms with E-state index < -0.39 is 34.2 Å². The molecule has 7 nitrogen and oxygen atoms in total. The first-order chi connectivity index (χ1) is 14.7. The van der Waals surface area contributed by atoms with Gasteiger partial charge in [-0.05, 0) is 24.5 Å². The Hall–Kier alpha value is -2.71. The SMILES string of the molecule is COC[C@@H]1C[C@]12CN(C)C(=O)c1c(O)c(=O)c(C(=O)CCc3cccc(Cl)c3F)cn12. The normalized spacial score (nSPS) is 22.0. The molecule has 1 aliphatic carbocycles. The van der Waals surface area contributed by atoms with E-state index in [1.165, 1.54) is 23.2 Å². The number of aromatic nitrogens is 1. The quantitative estimate of drug-likeness (QED) is 0.686. The van der Waals surface area contributed by atoms with Gasteiger partial charge in [0.15, 0.2) is 17.2 Å². The molecular weight excluding hydrogens is 427 g/mol. The van der Waals surface area contributed by atoms with Crippen LogP contribution in [-0.2, 0) is 16.7 Å². The molecular formula is C22H22ClFN2O5. The Morgan fingerprint density at radius 1 is 1.39 bits per heavy atom. The van der Waals surface area contributed by atoms with Crippen molar-refractivity contribution in [1.29, 1.82) is 0 Å². The van der Waals surface area contributed by atoms with E-state index in [1.807, 2.05) is 0 Å². The van der Waals surface area contributed by atoms with Crippen molar-refractivity contribution in [3.05, 3.63) is 62.3 Å². The molecule has 1 spiro atoms. The molecule has 31 heavy (non-hydrogen) atoms. The summed E-state index contributed by atoms with van der Waals surface area (Å²) in [6, 6.07) is 4.52. The Bertz CT molecular complexity index is 1150. The number of benzene rings is 1. The summed E-state index contributed by atoms with van der Waals surface area (Å²) < 4.78 is 21.0. The number of carbonyl (C=O) groups excluding carboxylic acids is 2. The van der Waals surface area contributed by atoms with Crippen molar-refractivity contribution in [1.82, 2.24) is 9.47 Å². The first-order valence-corrected chi connectivity index (χ1v) is 10.3. The Balaban J connectivity index is 1.70. The maximum atomic E-state index is 14.1. The molecule has 0 radical (unpaired) electrons. The van der Waals surface area contributed by atoms with Crippen molar-refractivity contribution >= 4 is 23.3 Å². The van der Waals surface area contributed by atoms with Gasteiger partial charge >= 0.3 is 0 Å². The second-order valence-electron chi connectivity index (χ2n) is 8.20. The zero-order chi connectivity index (χ0) is 22.5. The van der Waals surface area contributed by atoms with Gasteiger partial charge in [-0.25, -0.2) is 4.39 Å². The molecule has 1 amide bonds. The standard InChI is InChI=1S/C22H22ClFN2O5/c1-25-11-22(8-13(22)10-31-2)26-9-14(19(28)20(29)18(26)21(25)30)16(27)7-6-12-4-3-5-15(23)17(12)24/h3-5,9,13,29H,6-8,10-11H2,1-2H3/t13-,22-/m0/s1. The van der Waals surface area contributed by atoms with Crippen molar-refractivity contribution in [2.24, 2.45) is 5.92 Å². The first kappa shape index (κ1) is 21.5. The third-order valence-corrected chi connectivity index (χ3v) is 6.54. The summed E-state index contributed by atoms with van der Waals surface area (Å²) in [6.45, 7) is 0.836. The molecule has 2 aromatic rings. The molecule has 1 aromatic heterocycles. The fourth-order valence-corrected chi connectivity index (χ4v) is 4.69. The van der Waals surface area contributed by atoms with Gasteiger partial charge in [-0.1, -0.05) is 23.7 Å². The fourth-order valence-electron chi connectivity index (χ4n) is 4.49. The van der Waals surface area contributed by atoms with Gasteiger partial charge < -0.3 is 19.3 Å². The van der Waals surface area contributed by atoms with Crippen LogP contribution in [-0.4, -0.2) is 53.6 Å². The Morgan fingerprint density at radius 2 is 2.13 bits per heavy atom. The van der Waals surface area contributed by atoms with Crippen molar-refractivity contribution in [3.8, 4) is 5.75 Å². The van der Waals surface area contributed by atoms with Gasteiger partial charge in [0, 0.05) is 39.2 Å². The summed E-state index contributed by atoms with van der Waals surface area (Å²) in [5.41, 5.74) is -1.50. The second-order valence-corrected chi connectivity index (χ2v) is 8.60. The molecule has 1 aromatic carbocycles. The third kappa shape index (κ3) is 3.43. The Kier molecular flexibility index (Phi) is 5.39. The van der Waals surface area contributed by atoms with Crippen LogP contribution in [0, 0.1) is 11.7 Å². The van der Waals surface area contributed by atoms with Crippen LogP contribution >= 0.6 is 11.6 Å². The lowest BCUT2D eigenvalue weighted by atomic mass is 10.00. The average molecular weight is 449 g/mol. The molecule has 2 atom stereocenters. The molecule has 1 saturated carbocycles. The molecule has 9 heteroatoms. The highest BCUT2D eigenvalue weighted by Crippen LogP contribution is 2.53. The predicted molar refractivity (Wildman–Crippen MR) is 111 cm³/mol. The smallest absolute Gasteiger partial charge is 0.274 e. The molecule has 2 heterocycles. The van der Waals surface area contributed by atoms with Gasteiger partial charge in [-0.2, -0.15) is 0 Å². The predicted octanol–water partition coefficient (Wildman–Crippen LogP) is 2.61. The number of rotatable bonds is 6. The third-order valence-electron chi connectivity index (χ3n) is 6.24. The lowest BCUT2D eigenvalue weighted by Gasteiger charge is -2.35. The van der Waals surface area contributed by atoms with Gasteiger partial charge in [-0.3, -0.25) is 14.4 Å². The fraction of sp³-hybridized carbons (Fsp3) is 0.409. The zero-order valence-electron chi connectivity index (χ0n) is 17.2. The molecule has 1 N–H and O–H groups in total. The number of amides is 1. The maximum Gasteiger partial charge on any atom is 0.274 e. The van der Waals surface area contributed by atoms with E-state index in [1.54, 1.807) is 24.8 Å². The van der Waals surface area contributed by atoms with Gasteiger partial charge in [0.1, 0.15) is 5.82 Å². The van der Waals surface area contributed by atoms with Crippen molar-refractivity contribution in [3.63, 3.8) is 0 Å². The summed E-state index contributed by atoms with van der Waals surface area (Å²) in [7, 11) is 3.19. The van der Waals surface area contributed by atoms with E-state index in [0.717, 1.165) is 0 Å². The summed E-state index contributed by atoms with van der Waals surface area (Å²) in [4.78, 5) is 39.7. The molecule has 0 bridgehead atoms. The van der Waals surface area contributed by atoms with Crippen molar-refractivity contribution in [2.75, 3.05) is 27.3 Å². The molecule has 0 saturated heterocycles. The number of nitrogens with zero attached hydrogens (tertiary/aromatic N) is 2. The lowest BCUT2D eigenvalue weighted by molar-refractivity contribution is 0.0664. The number of hydrogen-bond donors (Lipinski definition) is 1. The van der Waals surface area contributed by atoms with Crippen LogP contribution < -0.4 is 5.43 Å². The van der Waals surface area contributed by atoms with E-state index in [4.69, 9.17) is 16.3 Å². The highest BCUT2D eigenvalue weighted by atomic mass is 35.5. The number of fused-ring (bicyclic) bond motifs is 2. The topological polar surface area (TPSA) is 88.8 Å². The van der Waals surface area contributed by atoms with Crippen LogP contribution in [0.15, 0.2) is 29.2 Å². The minimum Gasteiger partial charge on any atom is -0.503 e. The number of hydrogen-bond acceptors (Lipinski definition) is 5. The molecule has 164 valence electrons. The zero-order valence-corrected chi connectivity index (χ0v) is 17.9. The summed E-state index contributed by atoms with van der Waals surface area (Å²) in [5.74, 6) is -2.28. The average Bonchev–Trinajstić information content (AvgIpc) is 3.41. The largest absolute Gasteiger partial charge is 0.503 e. The Labute approximate surface area is 183 Å². The number of pyridine rings is 1. The number of likely N-dealkylation sites (N-methyl/N-ethyl adjacent to an activating group) is 1. The summed E-state index contributed by atoms with van der Waals surface area (Å²) in [6.07, 6.45) is 1.96. The minimum absolute atomic E-state index is 0.0427. The summed E-state index contributed by atoms with van der Waals surface area (Å²) >= 11 is 5.78. The number of aryl methyl sites for hydroxylation is 1. The van der Waals surface area contributed by atoms with Gasteiger partial charge in [-0.15, -0.1) is 0 Å². The van der Waals surface area contributed by atoms with Crippen LogP contribution in [0.5, 0.6) is 5.75 Å². The van der Waals surface area contributed by atoms with Crippen LogP contribution in [0.4, 0.5) is 4.39 Å². The monoisotopic (exact) mass is 448 g/mol. The van der Waals surface area contributed by atoms with Crippen LogP contribution in [0.25, 0.3) is 0 Å². The number of carbonyl (C=O) groups is 2. The molecule has 1 aliphatic heterocycles. The van der Waals surface area contributed by atoms with Crippen molar-refractivity contribution in [2.45, 2.75) is 24.8 Å². The number of aromatic hydroxyl groups is 1. The molecule has 1 fully saturated rings. The number of ether oxygens (including phenoxy) is 1. The lowest BCUT2D eigenvalue weighted by Crippen LogP contribution is -2.48. The van der Waals surface area contributed by atoms with Crippen LogP contribution in [0.3, 0.4) is 0 Å². The van der Waals surface area contributed by atoms with Crippen LogP contribution in [0.1, 0.15) is 39.3 Å². The Morgan fingerprint density at radius 3 is 2.84 bits per heavy atom. The number of ketones is 1. The molecule has 4 rings (SSSR count). The summed E-state index contributed by atoms with van der Waals surface area (Å²) in [5, 5.41) is 10.5. The second kappa shape index (κ2) is 7.76. The van der Waals surface area contributed by atoms with Gasteiger partial charge in [0.2, 0.25) is 5.43 Å². The number of Topliss-reactive ketones (excluding diaryl/α,β-unsaturated/α-hetero) is 1. The van der Waals surface area contributed by atoms with Gasteiger partial charge in [0.05, 0.1) is 22.7 Å². The number of methoxy groups -OCH3 is 1. The maximum absolute atomic E-state index is 14.1. The highest BCUT2D eigenvalue weighted by Gasteiger charge is 2.60. The highest BCUT2D eigenvalue weighted by molar-refractivity contribution is 6.30. The molecule has 2 aliphatic rings. The van der Waals surface area contributed by atoms with E-state index in [-0.39, 0.29) is 40.6 Å². The van der Waals surface area contributed by atoms with E-state index in [2.05, 4.69) is 0 Å².